The number of rotatable bonds is 36. The van der Waals surface area contributed by atoms with Gasteiger partial charge in [0.15, 0.2) is 0 Å². The van der Waals surface area contributed by atoms with Gasteiger partial charge in [-0.3, -0.25) is 33.6 Å². The van der Waals surface area contributed by atoms with E-state index in [9.17, 15) is 53.7 Å². The van der Waals surface area contributed by atoms with Gasteiger partial charge < -0.3 is 81.2 Å². The molecule has 380 valence electrons. The zero-order chi connectivity index (χ0) is 50.3. The molecule has 67 heavy (non-hydrogen) atoms. The van der Waals surface area contributed by atoms with Gasteiger partial charge in [0.25, 0.3) is 0 Å². The average Bonchev–Trinajstić information content (AvgIpc) is 3.28. The summed E-state index contributed by atoms with van der Waals surface area (Å²) < 4.78 is 0. The third-order valence-corrected chi connectivity index (χ3v) is 10.6. The van der Waals surface area contributed by atoms with Gasteiger partial charge in [0.1, 0.15) is 42.0 Å². The largest absolute Gasteiger partial charge is 0.508 e. The molecular formula is C44H78N12O11. The molecule has 0 saturated carbocycles. The van der Waals surface area contributed by atoms with Crippen molar-refractivity contribution in [2.75, 3.05) is 39.3 Å². The second-order valence-corrected chi connectivity index (χ2v) is 16.9. The van der Waals surface area contributed by atoms with Crippen molar-refractivity contribution in [3.8, 4) is 5.75 Å². The fourth-order valence-electron chi connectivity index (χ4n) is 6.79. The summed E-state index contributed by atoms with van der Waals surface area (Å²) in [6, 6.07) is -2.80. The number of hydrogen-bond acceptors (Lipinski definition) is 15. The summed E-state index contributed by atoms with van der Waals surface area (Å²) in [4.78, 5) is 106. The van der Waals surface area contributed by atoms with Crippen LogP contribution in [0.15, 0.2) is 24.3 Å². The predicted octanol–water partition coefficient (Wildman–Crippen LogP) is -3.07. The lowest BCUT2D eigenvalue weighted by Gasteiger charge is -2.27. The summed E-state index contributed by atoms with van der Waals surface area (Å²) in [6.45, 7) is 3.51. The highest BCUT2D eigenvalue weighted by Gasteiger charge is 2.33. The first-order chi connectivity index (χ1) is 31.9. The normalized spacial score (nSPS) is 14.3. The van der Waals surface area contributed by atoms with Crippen LogP contribution in [-0.2, 0) is 44.8 Å². The van der Waals surface area contributed by atoms with Gasteiger partial charge in [0.2, 0.25) is 41.4 Å². The predicted molar refractivity (Wildman–Crippen MR) is 250 cm³/mol. The Morgan fingerprint density at radius 3 is 1.40 bits per heavy atom. The van der Waals surface area contributed by atoms with E-state index in [1.807, 2.05) is 0 Å². The Morgan fingerprint density at radius 1 is 0.522 bits per heavy atom. The van der Waals surface area contributed by atoms with E-state index in [0.29, 0.717) is 83.0 Å². The molecule has 0 aliphatic rings. The number of carboxylic acids is 1. The highest BCUT2D eigenvalue weighted by molar-refractivity contribution is 5.97. The number of aromatic hydroxyl groups is 1. The number of unbranched alkanes of at least 4 members (excludes halogenated alkanes) is 4. The summed E-state index contributed by atoms with van der Waals surface area (Å²) in [5.74, 6) is -6.88. The minimum absolute atomic E-state index is 0.0497. The maximum absolute atomic E-state index is 14.2. The van der Waals surface area contributed by atoms with Crippen molar-refractivity contribution in [3.05, 3.63) is 29.8 Å². The molecule has 1 aromatic rings. The van der Waals surface area contributed by atoms with Crippen molar-refractivity contribution in [1.29, 1.82) is 0 Å². The number of phenols is 1. The number of phenolic OH excluding ortho intramolecular Hbond substituents is 1. The third kappa shape index (κ3) is 24.8. The molecule has 7 amide bonds. The highest BCUT2D eigenvalue weighted by Crippen LogP contribution is 2.14. The van der Waals surface area contributed by atoms with Crippen LogP contribution in [0, 0.1) is 5.92 Å². The third-order valence-electron chi connectivity index (χ3n) is 10.6. The van der Waals surface area contributed by atoms with Gasteiger partial charge in [0.05, 0.1) is 19.2 Å². The number of aliphatic carboxylic acids is 1. The van der Waals surface area contributed by atoms with Crippen LogP contribution in [0.5, 0.6) is 5.75 Å². The van der Waals surface area contributed by atoms with Gasteiger partial charge >= 0.3 is 5.97 Å². The molecule has 7 atom stereocenters. The number of aliphatic hydroxyl groups excluding tert-OH is 1. The molecule has 0 fully saturated rings. The molecule has 0 aliphatic carbocycles. The van der Waals surface area contributed by atoms with Crippen molar-refractivity contribution in [3.63, 3.8) is 0 Å². The van der Waals surface area contributed by atoms with E-state index in [1.54, 1.807) is 13.8 Å². The molecule has 0 saturated heterocycles. The molecule has 1 aromatic carbocycles. The number of amides is 7. The minimum atomic E-state index is -1.41. The van der Waals surface area contributed by atoms with Crippen LogP contribution in [0.25, 0.3) is 0 Å². The van der Waals surface area contributed by atoms with Gasteiger partial charge in [0, 0.05) is 6.42 Å². The zero-order valence-corrected chi connectivity index (χ0v) is 39.1. The van der Waals surface area contributed by atoms with E-state index < -0.39 is 103 Å². The topological polar surface area (TPSA) is 412 Å². The molecule has 0 spiro atoms. The van der Waals surface area contributed by atoms with Crippen molar-refractivity contribution >= 4 is 47.3 Å². The molecule has 23 nitrogen and oxygen atoms in total. The van der Waals surface area contributed by atoms with E-state index in [-0.39, 0.29) is 50.3 Å². The lowest BCUT2D eigenvalue weighted by atomic mass is 10.0. The van der Waals surface area contributed by atoms with Crippen molar-refractivity contribution in [2.45, 2.75) is 146 Å². The maximum Gasteiger partial charge on any atom is 0.326 e. The Kier molecular flexibility index (Phi) is 30.2. The zero-order valence-electron chi connectivity index (χ0n) is 39.1. The van der Waals surface area contributed by atoms with Crippen LogP contribution in [0.1, 0.15) is 103 Å². The standard InChI is InChI=1S/C44H78N12O11/c1-27(2)23-34(51-37(59)25-50-39(61)36(26-57)56-38(60)30(49)11-3-7-19-45)42(64)52-32(13-5-9-21-47)41(63)55-35(24-28-15-17-29(58)18-16-28)43(65)53-31(12-4-8-20-46)40(62)54-33(44(66)67)14-6-10-22-48/h15-18,27,30-36,57-58H,3-14,19-26,45-49H2,1-2H3,(H,50,61)(H,51,59)(H,52,64)(H,53,65)(H,54,62)(H,55,63)(H,56,60)(H,66,67)/t30-,31-,32-,33-,34-,35-,36-/m0/s1. The first-order valence-corrected chi connectivity index (χ1v) is 23.2. The summed E-state index contributed by atoms with van der Waals surface area (Å²) in [5, 5.41) is 47.3. The molecule has 0 bridgehead atoms. The van der Waals surface area contributed by atoms with Crippen LogP contribution in [0.4, 0.5) is 0 Å². The number of carboxylic acid groups (broad SMARTS) is 1. The van der Waals surface area contributed by atoms with Gasteiger partial charge in [-0.15, -0.1) is 0 Å². The first kappa shape index (κ1) is 59.6. The Hall–Kier alpha value is -5.46. The molecule has 20 N–H and O–H groups in total. The lowest BCUT2D eigenvalue weighted by molar-refractivity contribution is -0.142. The fourth-order valence-corrected chi connectivity index (χ4v) is 6.79. The maximum atomic E-state index is 14.2. The number of nitrogens with two attached hydrogens (primary N) is 5. The van der Waals surface area contributed by atoms with E-state index in [1.165, 1.54) is 24.3 Å². The molecule has 0 aliphatic heterocycles. The summed E-state index contributed by atoms with van der Waals surface area (Å²) in [6.07, 6.45) is 4.50. The van der Waals surface area contributed by atoms with Crippen LogP contribution in [0.3, 0.4) is 0 Å². The van der Waals surface area contributed by atoms with Crippen molar-refractivity contribution < 1.29 is 53.7 Å². The number of carbonyl (C=O) groups excluding carboxylic acids is 7. The summed E-state index contributed by atoms with van der Waals surface area (Å²) in [7, 11) is 0. The minimum Gasteiger partial charge on any atom is -0.508 e. The second-order valence-electron chi connectivity index (χ2n) is 16.9. The quantitative estimate of drug-likeness (QED) is 0.0297. The molecule has 23 heteroatoms. The van der Waals surface area contributed by atoms with E-state index in [4.69, 9.17) is 28.7 Å². The number of nitrogens with one attached hydrogen (secondary N) is 7. The summed E-state index contributed by atoms with van der Waals surface area (Å²) in [5.41, 5.74) is 28.9. The van der Waals surface area contributed by atoms with E-state index >= 15 is 0 Å². The smallest absolute Gasteiger partial charge is 0.326 e. The van der Waals surface area contributed by atoms with Crippen molar-refractivity contribution in [2.24, 2.45) is 34.6 Å². The van der Waals surface area contributed by atoms with Crippen LogP contribution >= 0.6 is 0 Å². The van der Waals surface area contributed by atoms with Crippen LogP contribution < -0.4 is 65.9 Å². The lowest BCUT2D eigenvalue weighted by Crippen LogP contribution is -2.59. The average molecular weight is 951 g/mol. The molecule has 0 heterocycles. The van der Waals surface area contributed by atoms with Crippen molar-refractivity contribution in [1.82, 2.24) is 37.2 Å². The van der Waals surface area contributed by atoms with Gasteiger partial charge in [-0.05, 0) is 127 Å². The Balaban J connectivity index is 3.34. The monoisotopic (exact) mass is 951 g/mol. The first-order valence-electron chi connectivity index (χ1n) is 23.2. The fraction of sp³-hybridized carbons (Fsp3) is 0.682. The molecule has 1 rings (SSSR count). The second kappa shape index (κ2) is 33.9. The number of hydrogen-bond donors (Lipinski definition) is 15. The number of aliphatic hydroxyl groups is 1. The van der Waals surface area contributed by atoms with E-state index in [2.05, 4.69) is 37.2 Å². The van der Waals surface area contributed by atoms with E-state index in [0.717, 1.165) is 0 Å². The molecule has 0 unspecified atom stereocenters. The molecule has 0 aromatic heterocycles. The number of carbonyl (C=O) groups is 8. The Bertz CT molecular complexity index is 1690. The van der Waals surface area contributed by atoms with Crippen LogP contribution in [-0.4, -0.2) is 144 Å². The Morgan fingerprint density at radius 2 is 0.940 bits per heavy atom. The Labute approximate surface area is 393 Å². The van der Waals surface area contributed by atoms with Crippen LogP contribution in [0.2, 0.25) is 0 Å². The van der Waals surface area contributed by atoms with Gasteiger partial charge in [-0.2, -0.15) is 0 Å². The molecule has 0 radical (unpaired) electrons. The van der Waals surface area contributed by atoms with Gasteiger partial charge in [-0.1, -0.05) is 32.4 Å². The molecular weight excluding hydrogens is 873 g/mol. The van der Waals surface area contributed by atoms with Gasteiger partial charge in [-0.25, -0.2) is 4.79 Å². The highest BCUT2D eigenvalue weighted by atomic mass is 16.4. The summed E-state index contributed by atoms with van der Waals surface area (Å²) >= 11 is 0. The SMILES string of the molecule is CC(C)C[C@H](NC(=O)CNC(=O)[C@H](CO)NC(=O)[C@@H](N)CCCCN)C(=O)N[C@@H](CCCCN)C(=O)N[C@@H](Cc1ccc(O)cc1)C(=O)N[C@@H](CCCCN)C(=O)N[C@@H](CCCCN)C(=O)O. The number of benzene rings is 1.